The van der Waals surface area contributed by atoms with Crippen LogP contribution in [0.2, 0.25) is 10.0 Å². The molecule has 1 N–H and O–H groups in total. The first-order valence-corrected chi connectivity index (χ1v) is 9.45. The van der Waals surface area contributed by atoms with Crippen molar-refractivity contribution in [3.63, 3.8) is 0 Å². The molecule has 1 saturated heterocycles. The Morgan fingerprint density at radius 2 is 1.78 bits per heavy atom. The van der Waals surface area contributed by atoms with Crippen molar-refractivity contribution in [2.24, 2.45) is 0 Å². The van der Waals surface area contributed by atoms with E-state index in [-0.39, 0.29) is 0 Å². The normalized spacial score (nSPS) is 14.4. The molecule has 3 heterocycles. The number of pyridine rings is 1. The van der Waals surface area contributed by atoms with E-state index in [4.69, 9.17) is 27.9 Å². The van der Waals surface area contributed by atoms with Gasteiger partial charge in [-0.2, -0.15) is 5.10 Å². The maximum Gasteiger partial charge on any atom is 0.152 e. The van der Waals surface area contributed by atoms with Gasteiger partial charge in [-0.25, -0.2) is 9.67 Å². The van der Waals surface area contributed by atoms with Crippen molar-refractivity contribution in [3.05, 3.63) is 58.2 Å². The lowest BCUT2D eigenvalue weighted by molar-refractivity contribution is 0.122. The van der Waals surface area contributed by atoms with Gasteiger partial charge in [0.25, 0.3) is 0 Å². The van der Waals surface area contributed by atoms with Crippen molar-refractivity contribution in [2.75, 3.05) is 36.5 Å². The van der Waals surface area contributed by atoms with Gasteiger partial charge in [-0.15, -0.1) is 0 Å². The Morgan fingerprint density at radius 1 is 1.04 bits per heavy atom. The fourth-order valence-corrected chi connectivity index (χ4v) is 3.54. The molecule has 0 bridgehead atoms. The van der Waals surface area contributed by atoms with Crippen LogP contribution in [0.25, 0.3) is 5.69 Å². The number of nitrogens with one attached hydrogen (secondary N) is 1. The Morgan fingerprint density at radius 3 is 2.52 bits per heavy atom. The lowest BCUT2D eigenvalue weighted by Crippen LogP contribution is -2.37. The average molecular weight is 404 g/mol. The van der Waals surface area contributed by atoms with Crippen molar-refractivity contribution < 1.29 is 4.74 Å². The highest BCUT2D eigenvalue weighted by atomic mass is 35.5. The van der Waals surface area contributed by atoms with Gasteiger partial charge in [0.1, 0.15) is 11.6 Å². The third kappa shape index (κ3) is 3.88. The fourth-order valence-electron chi connectivity index (χ4n) is 3.02. The van der Waals surface area contributed by atoms with E-state index in [0.29, 0.717) is 34.9 Å². The van der Waals surface area contributed by atoms with E-state index in [0.717, 1.165) is 30.3 Å². The first-order chi connectivity index (χ1) is 13.1. The van der Waals surface area contributed by atoms with Crippen LogP contribution in [0.4, 0.5) is 17.5 Å². The molecule has 8 heteroatoms. The van der Waals surface area contributed by atoms with Gasteiger partial charge in [0.2, 0.25) is 0 Å². The zero-order valence-corrected chi connectivity index (χ0v) is 16.3. The van der Waals surface area contributed by atoms with E-state index in [2.05, 4.69) is 20.3 Å². The van der Waals surface area contributed by atoms with Gasteiger partial charge in [-0.1, -0.05) is 41.4 Å². The molecule has 0 aliphatic carbocycles. The Kier molecular flexibility index (Phi) is 5.20. The van der Waals surface area contributed by atoms with E-state index in [1.165, 1.54) is 0 Å². The summed E-state index contributed by atoms with van der Waals surface area (Å²) in [5.41, 5.74) is 1.84. The predicted octanol–water partition coefficient (Wildman–Crippen LogP) is 4.46. The van der Waals surface area contributed by atoms with Crippen LogP contribution in [0.5, 0.6) is 0 Å². The van der Waals surface area contributed by atoms with Crippen molar-refractivity contribution >= 4 is 40.7 Å². The second-order valence-corrected chi connectivity index (χ2v) is 7.08. The highest BCUT2D eigenvalue weighted by Gasteiger charge is 2.19. The smallest absolute Gasteiger partial charge is 0.152 e. The second-order valence-electron chi connectivity index (χ2n) is 6.27. The standard InChI is InChI=1S/C19H19Cl2N5O/c1-13-11-17(26(24-13)14-5-3-2-4-6-14)22-18-15(20)12-16(21)19(23-18)25-7-9-27-10-8-25/h2-6,11-12H,7-10H2,1H3,(H,22,23). The van der Waals surface area contributed by atoms with Crippen LogP contribution in [0.1, 0.15) is 5.69 Å². The molecular formula is C19H19Cl2N5O. The van der Waals surface area contributed by atoms with Gasteiger partial charge in [-0.3, -0.25) is 0 Å². The van der Waals surface area contributed by atoms with Gasteiger partial charge in [0, 0.05) is 19.2 Å². The number of halogens is 2. The maximum atomic E-state index is 6.41. The van der Waals surface area contributed by atoms with Crippen LogP contribution < -0.4 is 10.2 Å². The van der Waals surface area contributed by atoms with E-state index in [1.54, 1.807) is 6.07 Å². The van der Waals surface area contributed by atoms with Crippen LogP contribution in [-0.2, 0) is 4.74 Å². The number of benzene rings is 1. The van der Waals surface area contributed by atoms with E-state index < -0.39 is 0 Å². The number of aromatic nitrogens is 3. The van der Waals surface area contributed by atoms with Crippen molar-refractivity contribution in [3.8, 4) is 5.69 Å². The van der Waals surface area contributed by atoms with E-state index >= 15 is 0 Å². The first kappa shape index (κ1) is 18.1. The number of nitrogens with zero attached hydrogens (tertiary/aromatic N) is 4. The predicted molar refractivity (Wildman–Crippen MR) is 109 cm³/mol. The molecule has 2 aromatic heterocycles. The average Bonchev–Trinajstić information content (AvgIpc) is 3.05. The van der Waals surface area contributed by atoms with Crippen LogP contribution in [0.3, 0.4) is 0 Å². The zero-order chi connectivity index (χ0) is 18.8. The Balaban J connectivity index is 1.69. The molecular weight excluding hydrogens is 385 g/mol. The lowest BCUT2D eigenvalue weighted by Gasteiger charge is -2.29. The summed E-state index contributed by atoms with van der Waals surface area (Å²) in [5.74, 6) is 2.03. The largest absolute Gasteiger partial charge is 0.378 e. The van der Waals surface area contributed by atoms with Crippen molar-refractivity contribution in [2.45, 2.75) is 6.92 Å². The van der Waals surface area contributed by atoms with Gasteiger partial charge in [-0.05, 0) is 25.1 Å². The van der Waals surface area contributed by atoms with E-state index in [9.17, 15) is 0 Å². The molecule has 1 aliphatic rings. The minimum absolute atomic E-state index is 0.454. The van der Waals surface area contributed by atoms with Gasteiger partial charge in [0.15, 0.2) is 5.82 Å². The summed E-state index contributed by atoms with van der Waals surface area (Å²) >= 11 is 12.8. The van der Waals surface area contributed by atoms with Crippen LogP contribution in [0, 0.1) is 6.92 Å². The Hall–Kier alpha value is -2.28. The molecule has 1 fully saturated rings. The minimum atomic E-state index is 0.454. The Labute approximate surface area is 167 Å². The highest BCUT2D eigenvalue weighted by Crippen LogP contribution is 2.33. The summed E-state index contributed by atoms with van der Waals surface area (Å²) in [6.45, 7) is 4.75. The van der Waals surface area contributed by atoms with Crippen LogP contribution in [0.15, 0.2) is 42.5 Å². The number of anilines is 3. The quantitative estimate of drug-likeness (QED) is 0.696. The van der Waals surface area contributed by atoms with Gasteiger partial charge >= 0.3 is 0 Å². The molecule has 1 aromatic carbocycles. The van der Waals surface area contributed by atoms with Gasteiger partial charge in [0.05, 0.1) is 34.6 Å². The summed E-state index contributed by atoms with van der Waals surface area (Å²) in [4.78, 5) is 6.79. The van der Waals surface area contributed by atoms with E-state index in [1.807, 2.05) is 48.0 Å². The molecule has 0 spiro atoms. The molecule has 6 nitrogen and oxygen atoms in total. The topological polar surface area (TPSA) is 55.2 Å². The number of ether oxygens (including phenoxy) is 1. The summed E-state index contributed by atoms with van der Waals surface area (Å²) in [7, 11) is 0. The van der Waals surface area contributed by atoms with Crippen LogP contribution >= 0.6 is 23.2 Å². The molecule has 0 amide bonds. The number of hydrogen-bond donors (Lipinski definition) is 1. The highest BCUT2D eigenvalue weighted by molar-refractivity contribution is 6.37. The first-order valence-electron chi connectivity index (χ1n) is 8.69. The zero-order valence-electron chi connectivity index (χ0n) is 14.8. The number of rotatable bonds is 4. The molecule has 0 saturated carbocycles. The summed E-state index contributed by atoms with van der Waals surface area (Å²) in [5, 5.41) is 8.86. The number of morpholine rings is 1. The molecule has 0 unspecified atom stereocenters. The monoisotopic (exact) mass is 403 g/mol. The third-order valence-corrected chi connectivity index (χ3v) is 4.87. The van der Waals surface area contributed by atoms with Gasteiger partial charge < -0.3 is 15.0 Å². The third-order valence-electron chi connectivity index (χ3n) is 4.30. The summed E-state index contributed by atoms with van der Waals surface area (Å²) in [6.07, 6.45) is 0. The maximum absolute atomic E-state index is 6.41. The molecule has 27 heavy (non-hydrogen) atoms. The molecule has 0 radical (unpaired) electrons. The molecule has 4 rings (SSSR count). The lowest BCUT2D eigenvalue weighted by atomic mass is 10.3. The fraction of sp³-hybridized carbons (Fsp3) is 0.263. The van der Waals surface area contributed by atoms with Crippen molar-refractivity contribution in [1.29, 1.82) is 0 Å². The SMILES string of the molecule is Cc1cc(Nc2nc(N3CCOCC3)c(Cl)cc2Cl)n(-c2ccccc2)n1. The number of aryl methyl sites for hydroxylation is 1. The summed E-state index contributed by atoms with van der Waals surface area (Å²) < 4.78 is 7.24. The summed E-state index contributed by atoms with van der Waals surface area (Å²) in [6, 6.07) is 13.6. The van der Waals surface area contributed by atoms with Crippen molar-refractivity contribution in [1.82, 2.24) is 14.8 Å². The minimum Gasteiger partial charge on any atom is -0.378 e. The Bertz CT molecular complexity index is 939. The number of hydrogen-bond acceptors (Lipinski definition) is 5. The molecule has 0 atom stereocenters. The number of para-hydroxylation sites is 1. The van der Waals surface area contributed by atoms with Crippen LogP contribution in [-0.4, -0.2) is 41.1 Å². The molecule has 3 aromatic rings. The molecule has 140 valence electrons. The second kappa shape index (κ2) is 7.76. The molecule has 1 aliphatic heterocycles.